The Morgan fingerprint density at radius 1 is 1.00 bits per heavy atom. The van der Waals surface area contributed by atoms with Crippen molar-refractivity contribution in [1.29, 1.82) is 0 Å². The van der Waals surface area contributed by atoms with E-state index >= 15 is 0 Å². The highest BCUT2D eigenvalue weighted by Gasteiger charge is 2.33. The Kier molecular flexibility index (Phi) is 3.62. The zero-order valence-electron chi connectivity index (χ0n) is 15.6. The van der Waals surface area contributed by atoms with Gasteiger partial charge in [0.1, 0.15) is 5.01 Å². The molecule has 1 aliphatic rings. The molecule has 144 valence electrons. The Bertz CT molecular complexity index is 1480. The predicted molar refractivity (Wildman–Crippen MR) is 118 cm³/mol. The number of aryl methyl sites for hydroxylation is 1. The van der Waals surface area contributed by atoms with Crippen LogP contribution in [0.2, 0.25) is 0 Å². The SMILES string of the molecule is Cn1c(-c2nccs2)nc2sc(C=C3C(=O)c4cc5ccccc5cc4C3=O)nc21. The lowest BCUT2D eigenvalue weighted by Crippen LogP contribution is -2.00. The standard InChI is InChI=1S/C22H12N4O2S2/c1-26-19(21-23-6-7-29-21)25-22-20(26)24-16(30-22)10-15-17(27)13-8-11-4-2-3-5-12(11)9-14(13)18(15)28/h2-10H,1H3. The van der Waals surface area contributed by atoms with Crippen LogP contribution in [0.5, 0.6) is 0 Å². The fourth-order valence-corrected chi connectivity index (χ4v) is 5.31. The highest BCUT2D eigenvalue weighted by Crippen LogP contribution is 2.34. The summed E-state index contributed by atoms with van der Waals surface area (Å²) >= 11 is 2.87. The van der Waals surface area contributed by atoms with E-state index in [1.165, 1.54) is 22.7 Å². The van der Waals surface area contributed by atoms with Crippen molar-refractivity contribution in [3.63, 3.8) is 0 Å². The van der Waals surface area contributed by atoms with E-state index in [1.807, 2.05) is 41.3 Å². The van der Waals surface area contributed by atoms with E-state index in [4.69, 9.17) is 0 Å². The number of imidazole rings is 1. The Balaban J connectivity index is 1.43. The highest BCUT2D eigenvalue weighted by molar-refractivity contribution is 7.19. The second-order valence-electron chi connectivity index (χ2n) is 6.97. The Labute approximate surface area is 178 Å². The maximum atomic E-state index is 12.9. The van der Waals surface area contributed by atoms with Crippen LogP contribution in [-0.4, -0.2) is 31.1 Å². The van der Waals surface area contributed by atoms with Crippen LogP contribution in [-0.2, 0) is 7.05 Å². The van der Waals surface area contributed by atoms with Gasteiger partial charge in [-0.2, -0.15) is 0 Å². The first-order valence-corrected chi connectivity index (χ1v) is 10.9. The van der Waals surface area contributed by atoms with Gasteiger partial charge in [-0.15, -0.1) is 11.3 Å². The molecule has 8 heteroatoms. The monoisotopic (exact) mass is 428 g/mol. The van der Waals surface area contributed by atoms with Gasteiger partial charge in [0.15, 0.2) is 32.9 Å². The molecule has 0 amide bonds. The molecule has 0 unspecified atom stereocenters. The average molecular weight is 428 g/mol. The lowest BCUT2D eigenvalue weighted by atomic mass is 10.0. The van der Waals surface area contributed by atoms with E-state index in [9.17, 15) is 9.59 Å². The molecule has 0 saturated heterocycles. The van der Waals surface area contributed by atoms with Crippen LogP contribution in [0.15, 0.2) is 53.5 Å². The number of nitrogens with zero attached hydrogens (tertiary/aromatic N) is 4. The molecule has 0 N–H and O–H groups in total. The Morgan fingerprint density at radius 3 is 2.30 bits per heavy atom. The molecule has 0 saturated carbocycles. The smallest absolute Gasteiger partial charge is 0.197 e. The molecule has 1 aliphatic carbocycles. The Hall–Kier alpha value is -3.49. The molecule has 0 aliphatic heterocycles. The number of ketones is 2. The van der Waals surface area contributed by atoms with Crippen molar-refractivity contribution in [2.75, 3.05) is 0 Å². The number of fused-ring (bicyclic) bond motifs is 3. The number of hydrogen-bond acceptors (Lipinski definition) is 7. The number of hydrogen-bond donors (Lipinski definition) is 0. The molecule has 0 bridgehead atoms. The summed E-state index contributed by atoms with van der Waals surface area (Å²) in [6.07, 6.45) is 3.33. The second kappa shape index (κ2) is 6.25. The van der Waals surface area contributed by atoms with E-state index in [2.05, 4.69) is 15.0 Å². The van der Waals surface area contributed by atoms with Crippen molar-refractivity contribution in [3.05, 3.63) is 69.7 Å². The highest BCUT2D eigenvalue weighted by atomic mass is 32.1. The fraction of sp³-hybridized carbons (Fsp3) is 0.0455. The summed E-state index contributed by atoms with van der Waals surface area (Å²) in [6, 6.07) is 11.3. The number of rotatable bonds is 2. The van der Waals surface area contributed by atoms with Crippen LogP contribution >= 0.6 is 22.7 Å². The normalized spacial score (nSPS) is 13.6. The minimum absolute atomic E-state index is 0.152. The lowest BCUT2D eigenvalue weighted by Gasteiger charge is -2.00. The molecular weight excluding hydrogens is 416 g/mol. The van der Waals surface area contributed by atoms with Crippen LogP contribution in [0.4, 0.5) is 0 Å². The van der Waals surface area contributed by atoms with Gasteiger partial charge in [0.2, 0.25) is 0 Å². The molecule has 2 aromatic carbocycles. The van der Waals surface area contributed by atoms with Crippen LogP contribution in [0.1, 0.15) is 25.7 Å². The van der Waals surface area contributed by atoms with Gasteiger partial charge in [0.25, 0.3) is 0 Å². The third kappa shape index (κ3) is 2.44. The first kappa shape index (κ1) is 17.4. The molecule has 0 fully saturated rings. The van der Waals surface area contributed by atoms with Crippen LogP contribution in [0.3, 0.4) is 0 Å². The van der Waals surface area contributed by atoms with Crippen LogP contribution in [0, 0.1) is 0 Å². The zero-order valence-corrected chi connectivity index (χ0v) is 17.3. The van der Waals surface area contributed by atoms with Crippen LogP contribution < -0.4 is 0 Å². The zero-order chi connectivity index (χ0) is 20.4. The summed E-state index contributed by atoms with van der Waals surface area (Å²) in [5.74, 6) is 0.248. The summed E-state index contributed by atoms with van der Waals surface area (Å²) in [5.41, 5.74) is 1.77. The molecule has 6 nitrogen and oxygen atoms in total. The minimum atomic E-state index is -0.253. The van der Waals surface area contributed by atoms with Gasteiger partial charge in [-0.25, -0.2) is 15.0 Å². The van der Waals surface area contributed by atoms with Gasteiger partial charge in [-0.1, -0.05) is 35.6 Å². The van der Waals surface area contributed by atoms with E-state index < -0.39 is 0 Å². The van der Waals surface area contributed by atoms with Gasteiger partial charge >= 0.3 is 0 Å². The van der Waals surface area contributed by atoms with Crippen molar-refractivity contribution < 1.29 is 9.59 Å². The van der Waals surface area contributed by atoms with Crippen molar-refractivity contribution in [2.24, 2.45) is 7.05 Å². The van der Waals surface area contributed by atoms with E-state index in [0.717, 1.165) is 26.4 Å². The average Bonchev–Trinajstić information content (AvgIpc) is 3.51. The van der Waals surface area contributed by atoms with E-state index in [1.54, 1.807) is 24.4 Å². The number of allylic oxidation sites excluding steroid dienone is 1. The largest absolute Gasteiger partial charge is 0.309 e. The minimum Gasteiger partial charge on any atom is -0.309 e. The molecule has 0 atom stereocenters. The molecule has 0 spiro atoms. The van der Waals surface area contributed by atoms with Crippen molar-refractivity contribution >= 4 is 61.6 Å². The molecular formula is C22H12N4O2S2. The van der Waals surface area contributed by atoms with Gasteiger partial charge in [-0.05, 0) is 29.0 Å². The number of benzene rings is 2. The summed E-state index contributed by atoms with van der Waals surface area (Å²) in [7, 11) is 1.88. The summed E-state index contributed by atoms with van der Waals surface area (Å²) in [4.78, 5) is 40.2. The first-order valence-electron chi connectivity index (χ1n) is 9.17. The number of Topliss-reactive ketones (excluding diaryl/α,β-unsaturated/α-hetero) is 2. The van der Waals surface area contributed by atoms with Gasteiger partial charge in [0.05, 0.1) is 5.57 Å². The fourth-order valence-electron chi connectivity index (χ4n) is 3.73. The summed E-state index contributed by atoms with van der Waals surface area (Å²) in [6.45, 7) is 0. The molecule has 30 heavy (non-hydrogen) atoms. The van der Waals surface area contributed by atoms with Crippen molar-refractivity contribution in [1.82, 2.24) is 19.5 Å². The number of aromatic nitrogens is 4. The molecule has 3 heterocycles. The molecule has 0 radical (unpaired) electrons. The van der Waals surface area contributed by atoms with E-state index in [-0.39, 0.29) is 17.1 Å². The Morgan fingerprint density at radius 2 is 1.70 bits per heavy atom. The number of thiazole rings is 2. The second-order valence-corrected chi connectivity index (χ2v) is 8.88. The van der Waals surface area contributed by atoms with Gasteiger partial charge < -0.3 is 4.57 Å². The lowest BCUT2D eigenvalue weighted by molar-refractivity contribution is 0.0990. The molecule has 6 rings (SSSR count). The summed E-state index contributed by atoms with van der Waals surface area (Å²) < 4.78 is 1.88. The quantitative estimate of drug-likeness (QED) is 0.299. The van der Waals surface area contributed by atoms with Gasteiger partial charge in [0, 0.05) is 29.8 Å². The number of carbonyl (C=O) groups is 2. The van der Waals surface area contributed by atoms with Crippen molar-refractivity contribution in [3.8, 4) is 10.8 Å². The van der Waals surface area contributed by atoms with E-state index in [0.29, 0.717) is 21.8 Å². The third-order valence-electron chi connectivity index (χ3n) is 5.21. The van der Waals surface area contributed by atoms with Crippen LogP contribution in [0.25, 0.3) is 38.2 Å². The van der Waals surface area contributed by atoms with Gasteiger partial charge in [-0.3, -0.25) is 9.59 Å². The third-order valence-corrected chi connectivity index (χ3v) is 6.86. The first-order chi connectivity index (χ1) is 14.6. The van der Waals surface area contributed by atoms with Crippen molar-refractivity contribution in [2.45, 2.75) is 0 Å². The summed E-state index contributed by atoms with van der Waals surface area (Å²) in [5, 5.41) is 5.20. The predicted octanol–water partition coefficient (Wildman–Crippen LogP) is 4.77. The maximum absolute atomic E-state index is 12.9. The number of carbonyl (C=O) groups excluding carboxylic acids is 2. The molecule has 5 aromatic rings. The maximum Gasteiger partial charge on any atom is 0.197 e. The molecule has 3 aromatic heterocycles. The topological polar surface area (TPSA) is 77.7 Å².